The lowest BCUT2D eigenvalue weighted by Gasteiger charge is -2.27. The third-order valence-corrected chi connectivity index (χ3v) is 6.84. The topological polar surface area (TPSA) is 122 Å². The smallest absolute Gasteiger partial charge is 0.349 e. The zero-order valence-electron chi connectivity index (χ0n) is 22.0. The molecule has 0 spiro atoms. The number of rotatable bonds is 2. The van der Waals surface area contributed by atoms with Crippen molar-refractivity contribution in [3.8, 4) is 0 Å². The van der Waals surface area contributed by atoms with Crippen molar-refractivity contribution in [2.75, 3.05) is 62.2 Å². The van der Waals surface area contributed by atoms with Crippen LogP contribution in [0.5, 0.6) is 0 Å². The molecule has 0 unspecified atom stereocenters. The van der Waals surface area contributed by atoms with Gasteiger partial charge in [-0.3, -0.25) is 9.59 Å². The van der Waals surface area contributed by atoms with E-state index in [1.807, 2.05) is 4.90 Å². The maximum absolute atomic E-state index is 12.7. The number of hydrogen-bond donors (Lipinski definition) is 4. The van der Waals surface area contributed by atoms with Crippen LogP contribution >= 0.6 is 0 Å². The molecule has 4 N–H and O–H groups in total. The number of benzene rings is 2. The highest BCUT2D eigenvalue weighted by Gasteiger charge is 2.32. The lowest BCUT2D eigenvalue weighted by Crippen LogP contribution is -2.45. The molecule has 4 heterocycles. The van der Waals surface area contributed by atoms with E-state index >= 15 is 0 Å². The Labute approximate surface area is 241 Å². The average molecular weight is 613 g/mol. The number of nitrogens with one attached hydrogen (secondary N) is 4. The van der Waals surface area contributed by atoms with Crippen molar-refractivity contribution in [3.05, 3.63) is 68.2 Å². The maximum atomic E-state index is 12.7. The Balaban J connectivity index is 0.000000192. The van der Waals surface area contributed by atoms with Crippen molar-refractivity contribution in [3.63, 3.8) is 0 Å². The summed E-state index contributed by atoms with van der Waals surface area (Å²) in [7, 11) is 0. The molecule has 4 aromatic rings. The number of H-pyrrole nitrogens is 2. The van der Waals surface area contributed by atoms with E-state index < -0.39 is 29.0 Å². The van der Waals surface area contributed by atoms with Crippen LogP contribution in [0, 0.1) is 0 Å². The highest BCUT2D eigenvalue weighted by atomic mass is 19.4. The number of aromatic amines is 2. The van der Waals surface area contributed by atoms with Crippen molar-refractivity contribution >= 4 is 33.7 Å². The number of piperazine rings is 2. The zero-order valence-corrected chi connectivity index (χ0v) is 22.0. The van der Waals surface area contributed by atoms with Gasteiger partial charge in [-0.15, -0.1) is 0 Å². The molecule has 0 radical (unpaired) electrons. The molecule has 0 aliphatic carbocycles. The summed E-state index contributed by atoms with van der Waals surface area (Å²) >= 11 is 0. The fourth-order valence-electron chi connectivity index (χ4n) is 4.68. The molecule has 16 heteroatoms. The number of aromatic nitrogens is 4. The monoisotopic (exact) mass is 612 g/mol. The third kappa shape index (κ3) is 7.25. The van der Waals surface area contributed by atoms with Crippen LogP contribution in [0.25, 0.3) is 22.1 Å². The number of hydrogen-bond acceptors (Lipinski definition) is 8. The number of anilines is 2. The summed E-state index contributed by atoms with van der Waals surface area (Å²) in [5.74, 6) is 0.423. The number of fused-ring (bicyclic) bond motifs is 2. The molecule has 10 nitrogen and oxygen atoms in total. The van der Waals surface area contributed by atoms with E-state index in [1.165, 1.54) is 12.1 Å². The number of nitrogens with zero attached hydrogens (tertiary/aromatic N) is 4. The van der Waals surface area contributed by atoms with Crippen molar-refractivity contribution < 1.29 is 26.3 Å². The van der Waals surface area contributed by atoms with Crippen molar-refractivity contribution in [1.29, 1.82) is 0 Å². The van der Waals surface area contributed by atoms with Crippen LogP contribution in [0.15, 0.2) is 46.0 Å². The Bertz CT molecular complexity index is 1690. The van der Waals surface area contributed by atoms with E-state index in [0.717, 1.165) is 37.4 Å². The van der Waals surface area contributed by atoms with Crippen LogP contribution in [0.2, 0.25) is 0 Å². The minimum Gasteiger partial charge on any atom is -0.349 e. The summed E-state index contributed by atoms with van der Waals surface area (Å²) < 4.78 is 76.2. The predicted molar refractivity (Wildman–Crippen MR) is 152 cm³/mol. The first-order valence-corrected chi connectivity index (χ1v) is 13.0. The van der Waals surface area contributed by atoms with E-state index in [4.69, 9.17) is 0 Å². The van der Waals surface area contributed by atoms with Gasteiger partial charge in [0.2, 0.25) is 0 Å². The Kier molecular flexibility index (Phi) is 9.29. The van der Waals surface area contributed by atoms with Crippen LogP contribution in [0.1, 0.15) is 18.6 Å². The number of alkyl halides is 6. The zero-order chi connectivity index (χ0) is 30.1. The Morgan fingerprint density at radius 3 is 1.56 bits per heavy atom. The van der Waals surface area contributed by atoms with Crippen LogP contribution in [0.3, 0.4) is 0 Å². The van der Waals surface area contributed by atoms with Gasteiger partial charge >= 0.3 is 12.4 Å². The molecular formula is C27H30F6N8O2. The second-order valence-corrected chi connectivity index (χ2v) is 9.71. The molecule has 0 bridgehead atoms. The molecule has 2 fully saturated rings. The maximum Gasteiger partial charge on any atom is 0.416 e. The minimum absolute atomic E-state index is 0. The highest BCUT2D eigenvalue weighted by Crippen LogP contribution is 2.31. The predicted octanol–water partition coefficient (Wildman–Crippen LogP) is 3.34. The van der Waals surface area contributed by atoms with Crippen LogP contribution in [-0.2, 0) is 12.4 Å². The van der Waals surface area contributed by atoms with Crippen molar-refractivity contribution in [1.82, 2.24) is 30.6 Å². The average Bonchev–Trinajstić information content (AvgIpc) is 2.96. The first-order chi connectivity index (χ1) is 19.9. The van der Waals surface area contributed by atoms with Gasteiger partial charge in [-0.2, -0.15) is 26.3 Å². The molecule has 2 aliphatic heterocycles. The summed E-state index contributed by atoms with van der Waals surface area (Å²) in [5.41, 5.74) is -1.56. The van der Waals surface area contributed by atoms with Crippen LogP contribution in [-0.4, -0.2) is 72.3 Å². The van der Waals surface area contributed by atoms with Gasteiger partial charge in [0.1, 0.15) is 0 Å². The fraction of sp³-hybridized carbons (Fsp3) is 0.407. The normalized spacial score (nSPS) is 16.0. The second kappa shape index (κ2) is 12.6. The van der Waals surface area contributed by atoms with Crippen LogP contribution in [0.4, 0.5) is 38.0 Å². The van der Waals surface area contributed by atoms with E-state index in [0.29, 0.717) is 50.3 Å². The Morgan fingerprint density at radius 2 is 1.05 bits per heavy atom. The second-order valence-electron chi connectivity index (χ2n) is 9.71. The van der Waals surface area contributed by atoms with E-state index in [1.54, 1.807) is 4.90 Å². The molecule has 2 aromatic heterocycles. The standard InChI is InChI=1S/2C13H13F3N4O.CH4/c14-13(15,16)8-1-2-9-10(7-8)18-11(12(21)19-9)20-5-3-17-4-6-20;14-13(15,16)8-1-2-9-10(7-8)19-12(21)11(18-9)20-5-3-17-4-6-20;/h2*1-2,7,17H,3-6H2,(H,19,21);1H4. The molecule has 232 valence electrons. The minimum atomic E-state index is -4.44. The molecule has 0 atom stereocenters. The number of halogens is 6. The first kappa shape index (κ1) is 31.7. The molecule has 2 saturated heterocycles. The van der Waals surface area contributed by atoms with Gasteiger partial charge in [0.15, 0.2) is 11.6 Å². The van der Waals surface area contributed by atoms with Gasteiger partial charge in [-0.05, 0) is 36.4 Å². The van der Waals surface area contributed by atoms with E-state index in [2.05, 4.69) is 30.6 Å². The molecule has 0 amide bonds. The van der Waals surface area contributed by atoms with Gasteiger partial charge in [-0.25, -0.2) is 9.97 Å². The lowest BCUT2D eigenvalue weighted by molar-refractivity contribution is -0.138. The Hall–Kier alpha value is -4.18. The highest BCUT2D eigenvalue weighted by molar-refractivity contribution is 5.77. The summed E-state index contributed by atoms with van der Waals surface area (Å²) in [4.78, 5) is 41.1. The lowest BCUT2D eigenvalue weighted by atomic mass is 10.2. The van der Waals surface area contributed by atoms with Gasteiger partial charge in [-0.1, -0.05) is 7.43 Å². The van der Waals surface area contributed by atoms with E-state index in [9.17, 15) is 35.9 Å². The van der Waals surface area contributed by atoms with Gasteiger partial charge in [0.05, 0.1) is 33.2 Å². The van der Waals surface area contributed by atoms with Crippen molar-refractivity contribution in [2.24, 2.45) is 0 Å². The molecule has 2 aromatic carbocycles. The first-order valence-electron chi connectivity index (χ1n) is 13.0. The Morgan fingerprint density at radius 1 is 0.605 bits per heavy atom. The molecule has 2 aliphatic rings. The largest absolute Gasteiger partial charge is 0.416 e. The van der Waals surface area contributed by atoms with Gasteiger partial charge in [0, 0.05) is 52.4 Å². The summed E-state index contributed by atoms with van der Waals surface area (Å²) in [6.07, 6.45) is -8.87. The van der Waals surface area contributed by atoms with Crippen molar-refractivity contribution in [2.45, 2.75) is 19.8 Å². The summed E-state index contributed by atoms with van der Waals surface area (Å²) in [6, 6.07) is 6.27. The molecule has 0 saturated carbocycles. The quantitative estimate of drug-likeness (QED) is 0.255. The molecule has 6 rings (SSSR count). The third-order valence-electron chi connectivity index (χ3n) is 6.84. The van der Waals surface area contributed by atoms with Crippen LogP contribution < -0.4 is 31.6 Å². The molecular weight excluding hydrogens is 582 g/mol. The van der Waals surface area contributed by atoms with Gasteiger partial charge in [0.25, 0.3) is 11.1 Å². The summed E-state index contributed by atoms with van der Waals surface area (Å²) in [6.45, 7) is 5.38. The molecule has 43 heavy (non-hydrogen) atoms. The summed E-state index contributed by atoms with van der Waals surface area (Å²) in [5, 5.41) is 6.30. The SMILES string of the molecule is C.O=c1[nH]c2cc(C(F)(F)F)ccc2nc1N1CCNCC1.O=c1[nH]c2ccc(C(F)(F)F)cc2nc1N1CCNCC1. The van der Waals surface area contributed by atoms with E-state index in [-0.39, 0.29) is 35.7 Å². The fourth-order valence-corrected chi connectivity index (χ4v) is 4.68. The van der Waals surface area contributed by atoms with Gasteiger partial charge < -0.3 is 30.4 Å².